The van der Waals surface area contributed by atoms with Crippen molar-refractivity contribution in [2.24, 2.45) is 11.8 Å². The maximum atomic E-state index is 8.94. The second-order valence-corrected chi connectivity index (χ2v) is 6.96. The van der Waals surface area contributed by atoms with Crippen LogP contribution in [0.5, 0.6) is 0 Å². The number of nitrogens with zero attached hydrogens (tertiary/aromatic N) is 2. The van der Waals surface area contributed by atoms with Gasteiger partial charge in [-0.25, -0.2) is 0 Å². The van der Waals surface area contributed by atoms with E-state index in [4.69, 9.17) is 11.7 Å². The Hall–Kier alpha value is -1.67. The van der Waals surface area contributed by atoms with Crippen molar-refractivity contribution >= 4 is 0 Å². The van der Waals surface area contributed by atoms with E-state index in [2.05, 4.69) is 44.7 Å². The maximum Gasteiger partial charge on any atom is 0.108 e. The van der Waals surface area contributed by atoms with Gasteiger partial charge in [0.15, 0.2) is 0 Å². The summed E-state index contributed by atoms with van der Waals surface area (Å²) in [6, 6.07) is 2.04. The lowest BCUT2D eigenvalue weighted by Crippen LogP contribution is -2.29. The lowest BCUT2D eigenvalue weighted by Gasteiger charge is -2.29. The Kier molecular flexibility index (Phi) is 14.8. The van der Waals surface area contributed by atoms with Crippen LogP contribution < -0.4 is 0 Å². The van der Waals surface area contributed by atoms with E-state index >= 15 is 0 Å². The highest BCUT2D eigenvalue weighted by molar-refractivity contribution is 5.40. The quantitative estimate of drug-likeness (QED) is 0.210. The van der Waals surface area contributed by atoms with E-state index in [0.29, 0.717) is 5.57 Å². The zero-order valence-electron chi connectivity index (χ0n) is 16.9. The number of allylic oxidation sites excluding steroid dienone is 3. The molecule has 0 aliphatic heterocycles. The zero-order chi connectivity index (χ0) is 18.9. The van der Waals surface area contributed by atoms with Crippen molar-refractivity contribution in [3.05, 3.63) is 23.9 Å². The summed E-state index contributed by atoms with van der Waals surface area (Å²) >= 11 is 0. The number of terminal acetylenes is 1. The van der Waals surface area contributed by atoms with E-state index in [1.807, 2.05) is 12.1 Å². The van der Waals surface area contributed by atoms with E-state index < -0.39 is 0 Å². The SMILES string of the molecule is C#C/C(C#N)=C/C=C/N(CC(CC)CCCC)CC(CC)CCCC. The van der Waals surface area contributed by atoms with Crippen molar-refractivity contribution in [2.45, 2.75) is 79.1 Å². The van der Waals surface area contributed by atoms with Crippen molar-refractivity contribution < 1.29 is 0 Å². The fourth-order valence-corrected chi connectivity index (χ4v) is 3.07. The zero-order valence-corrected chi connectivity index (χ0v) is 16.9. The summed E-state index contributed by atoms with van der Waals surface area (Å²) in [5.41, 5.74) is 0.382. The molecule has 140 valence electrons. The van der Waals surface area contributed by atoms with Gasteiger partial charge in [0.25, 0.3) is 0 Å². The van der Waals surface area contributed by atoms with E-state index in [1.165, 1.54) is 51.4 Å². The van der Waals surface area contributed by atoms with Crippen LogP contribution >= 0.6 is 0 Å². The van der Waals surface area contributed by atoms with Crippen LogP contribution in [-0.4, -0.2) is 18.0 Å². The van der Waals surface area contributed by atoms with E-state index in [1.54, 1.807) is 6.08 Å². The number of hydrogen-bond donors (Lipinski definition) is 0. The van der Waals surface area contributed by atoms with E-state index in [0.717, 1.165) is 24.9 Å². The molecule has 0 heterocycles. The third-order valence-electron chi connectivity index (χ3n) is 4.91. The molecule has 0 amide bonds. The largest absolute Gasteiger partial charge is 0.377 e. The van der Waals surface area contributed by atoms with Gasteiger partial charge in [-0.15, -0.1) is 6.42 Å². The maximum absolute atomic E-state index is 8.94. The van der Waals surface area contributed by atoms with Crippen LogP contribution in [0.1, 0.15) is 79.1 Å². The van der Waals surface area contributed by atoms with Gasteiger partial charge < -0.3 is 4.90 Å². The van der Waals surface area contributed by atoms with Gasteiger partial charge in [0, 0.05) is 13.1 Å². The smallest absolute Gasteiger partial charge is 0.108 e. The van der Waals surface area contributed by atoms with Crippen LogP contribution in [0.2, 0.25) is 0 Å². The molecule has 0 fully saturated rings. The molecule has 0 aromatic rings. The van der Waals surface area contributed by atoms with E-state index in [9.17, 15) is 0 Å². The standard InChI is InChI=1S/C23H38N2/c1-6-11-14-22(9-4)19-25(17-13-16-21(8-3)18-24)20-23(10-5)15-12-7-2/h3,13,16-17,22-23H,6-7,9-12,14-15,19-20H2,1-2,4-5H3/b17-13+,21-16-. The molecule has 2 unspecified atom stereocenters. The minimum Gasteiger partial charge on any atom is -0.377 e. The average Bonchev–Trinajstić information content (AvgIpc) is 2.64. The summed E-state index contributed by atoms with van der Waals surface area (Å²) in [7, 11) is 0. The van der Waals surface area contributed by atoms with Crippen molar-refractivity contribution in [3.63, 3.8) is 0 Å². The second-order valence-electron chi connectivity index (χ2n) is 6.96. The van der Waals surface area contributed by atoms with Gasteiger partial charge in [0.1, 0.15) is 11.6 Å². The molecule has 2 nitrogen and oxygen atoms in total. The van der Waals surface area contributed by atoms with Crippen molar-refractivity contribution in [3.8, 4) is 18.4 Å². The number of hydrogen-bond acceptors (Lipinski definition) is 2. The molecule has 0 rings (SSSR count). The molecular formula is C23H38N2. The molecule has 0 saturated heterocycles. The fourth-order valence-electron chi connectivity index (χ4n) is 3.07. The molecule has 0 aromatic heterocycles. The van der Waals surface area contributed by atoms with Gasteiger partial charge in [-0.1, -0.05) is 72.1 Å². The highest BCUT2D eigenvalue weighted by atomic mass is 15.1. The molecule has 0 aromatic carbocycles. The lowest BCUT2D eigenvalue weighted by molar-refractivity contribution is 0.239. The molecule has 0 aliphatic carbocycles. The summed E-state index contributed by atoms with van der Waals surface area (Å²) in [6.45, 7) is 11.3. The molecule has 0 saturated carbocycles. The normalized spacial score (nSPS) is 14.1. The van der Waals surface area contributed by atoms with E-state index in [-0.39, 0.29) is 0 Å². The van der Waals surface area contributed by atoms with Crippen LogP contribution in [0.4, 0.5) is 0 Å². The highest BCUT2D eigenvalue weighted by Crippen LogP contribution is 2.19. The van der Waals surface area contributed by atoms with Crippen LogP contribution in [0.3, 0.4) is 0 Å². The van der Waals surface area contributed by atoms with Gasteiger partial charge in [0.05, 0.1) is 0 Å². The lowest BCUT2D eigenvalue weighted by atomic mass is 9.96. The molecule has 0 spiro atoms. The minimum atomic E-state index is 0.382. The van der Waals surface area contributed by atoms with Crippen LogP contribution in [0, 0.1) is 35.5 Å². The molecule has 0 N–H and O–H groups in total. The Morgan fingerprint density at radius 3 is 1.88 bits per heavy atom. The first-order valence-corrected chi connectivity index (χ1v) is 10.1. The third-order valence-corrected chi connectivity index (χ3v) is 4.91. The molecule has 0 radical (unpaired) electrons. The van der Waals surface area contributed by atoms with Crippen molar-refractivity contribution in [1.29, 1.82) is 5.26 Å². The first kappa shape index (κ1) is 23.3. The second kappa shape index (κ2) is 15.8. The Morgan fingerprint density at radius 1 is 1.00 bits per heavy atom. The van der Waals surface area contributed by atoms with Gasteiger partial charge >= 0.3 is 0 Å². The summed E-state index contributed by atoms with van der Waals surface area (Å²) in [4.78, 5) is 2.45. The molecule has 2 atom stereocenters. The molecule has 25 heavy (non-hydrogen) atoms. The predicted molar refractivity (Wildman–Crippen MR) is 110 cm³/mol. The summed E-state index contributed by atoms with van der Waals surface area (Å²) in [6.07, 6.45) is 21.3. The predicted octanol–water partition coefficient (Wildman–Crippen LogP) is 6.32. The Balaban J connectivity index is 5.01. The monoisotopic (exact) mass is 342 g/mol. The number of rotatable bonds is 14. The number of nitriles is 1. The van der Waals surface area contributed by atoms with Gasteiger partial charge in [-0.2, -0.15) is 5.26 Å². The Labute approximate surface area is 157 Å². The van der Waals surface area contributed by atoms with Crippen molar-refractivity contribution in [1.82, 2.24) is 4.90 Å². The van der Waals surface area contributed by atoms with Crippen LogP contribution in [0.25, 0.3) is 0 Å². The molecular weight excluding hydrogens is 304 g/mol. The van der Waals surface area contributed by atoms with Crippen LogP contribution in [0.15, 0.2) is 23.9 Å². The van der Waals surface area contributed by atoms with Gasteiger partial charge in [-0.3, -0.25) is 0 Å². The summed E-state index contributed by atoms with van der Waals surface area (Å²) in [5.74, 6) is 3.89. The topological polar surface area (TPSA) is 27.0 Å². The minimum absolute atomic E-state index is 0.382. The van der Waals surface area contributed by atoms with Gasteiger partial charge in [0.2, 0.25) is 0 Å². The van der Waals surface area contributed by atoms with Gasteiger partial charge in [-0.05, 0) is 43.0 Å². The summed E-state index contributed by atoms with van der Waals surface area (Å²) in [5, 5.41) is 8.94. The molecule has 2 heteroatoms. The first-order valence-electron chi connectivity index (χ1n) is 10.1. The van der Waals surface area contributed by atoms with Crippen molar-refractivity contribution in [2.75, 3.05) is 13.1 Å². The average molecular weight is 343 g/mol. The number of unbranched alkanes of at least 4 members (excludes halogenated alkanes) is 2. The van der Waals surface area contributed by atoms with Crippen LogP contribution in [-0.2, 0) is 0 Å². The fraction of sp³-hybridized carbons (Fsp3) is 0.696. The third kappa shape index (κ3) is 11.5. The first-order chi connectivity index (χ1) is 12.1. The Morgan fingerprint density at radius 2 is 1.52 bits per heavy atom. The molecule has 0 aliphatic rings. The summed E-state index contributed by atoms with van der Waals surface area (Å²) < 4.78 is 0. The molecule has 0 bridgehead atoms. The highest BCUT2D eigenvalue weighted by Gasteiger charge is 2.14. The Bertz CT molecular complexity index is 427.